The van der Waals surface area contributed by atoms with E-state index in [1.54, 1.807) is 29.6 Å². The molecule has 0 saturated heterocycles. The van der Waals surface area contributed by atoms with E-state index in [1.165, 1.54) is 11.3 Å². The Labute approximate surface area is 179 Å². The number of thiophene rings is 1. The summed E-state index contributed by atoms with van der Waals surface area (Å²) in [5.74, 6) is -1.25. The molecule has 3 rings (SSSR count). The summed E-state index contributed by atoms with van der Waals surface area (Å²) in [5, 5.41) is 4.55. The van der Waals surface area contributed by atoms with Gasteiger partial charge >= 0.3 is 0 Å². The highest BCUT2D eigenvalue weighted by Crippen LogP contribution is 2.10. The van der Waals surface area contributed by atoms with Gasteiger partial charge in [0.15, 0.2) is 0 Å². The molecule has 7 heteroatoms. The summed E-state index contributed by atoms with van der Waals surface area (Å²) >= 11 is 1.30. The van der Waals surface area contributed by atoms with E-state index in [2.05, 4.69) is 16.2 Å². The second kappa shape index (κ2) is 10.4. The Morgan fingerprint density at radius 2 is 1.57 bits per heavy atom. The first-order valence-corrected chi connectivity index (χ1v) is 10.5. The van der Waals surface area contributed by atoms with Crippen molar-refractivity contribution in [2.75, 3.05) is 0 Å². The lowest BCUT2D eigenvalue weighted by Gasteiger charge is -2.18. The minimum absolute atomic E-state index is 0.296. The van der Waals surface area contributed by atoms with Crippen LogP contribution in [0.4, 0.5) is 0 Å². The van der Waals surface area contributed by atoms with Gasteiger partial charge < -0.3 is 5.32 Å². The van der Waals surface area contributed by atoms with Crippen LogP contribution in [0.5, 0.6) is 0 Å². The highest BCUT2D eigenvalue weighted by Gasteiger charge is 2.23. The lowest BCUT2D eigenvalue weighted by molar-refractivity contribution is -0.123. The molecule has 0 fully saturated rings. The van der Waals surface area contributed by atoms with E-state index in [9.17, 15) is 14.4 Å². The van der Waals surface area contributed by atoms with Crippen molar-refractivity contribution in [3.8, 4) is 0 Å². The topological polar surface area (TPSA) is 87.3 Å². The third-order valence-corrected chi connectivity index (χ3v) is 5.44. The number of carbonyl (C=O) groups is 3. The molecule has 0 aliphatic carbocycles. The van der Waals surface area contributed by atoms with E-state index in [4.69, 9.17) is 0 Å². The fourth-order valence-corrected chi connectivity index (χ4v) is 3.49. The molecule has 0 radical (unpaired) electrons. The van der Waals surface area contributed by atoms with Crippen molar-refractivity contribution in [3.63, 3.8) is 0 Å². The quantitative estimate of drug-likeness (QED) is 0.512. The number of amides is 3. The highest BCUT2D eigenvalue weighted by atomic mass is 32.1. The van der Waals surface area contributed by atoms with Gasteiger partial charge in [0, 0.05) is 12.0 Å². The monoisotopic (exact) mass is 421 g/mol. The summed E-state index contributed by atoms with van der Waals surface area (Å²) in [5.41, 5.74) is 7.31. The van der Waals surface area contributed by atoms with Gasteiger partial charge in [-0.05, 0) is 41.1 Å². The lowest BCUT2D eigenvalue weighted by atomic mass is 10.1. The van der Waals surface area contributed by atoms with Crippen molar-refractivity contribution in [2.45, 2.75) is 25.8 Å². The third kappa shape index (κ3) is 5.78. The second-order valence-corrected chi connectivity index (χ2v) is 7.63. The SMILES string of the molecule is CCc1ccc(C(=O)NNC(=O)C(Cc2ccccc2)NC(=O)c2cccs2)cc1. The molecule has 0 aliphatic heterocycles. The number of hydrazine groups is 1. The number of hydrogen-bond acceptors (Lipinski definition) is 4. The smallest absolute Gasteiger partial charge is 0.269 e. The van der Waals surface area contributed by atoms with Crippen molar-refractivity contribution < 1.29 is 14.4 Å². The van der Waals surface area contributed by atoms with E-state index in [0.717, 1.165) is 17.5 Å². The number of carbonyl (C=O) groups excluding carboxylic acids is 3. The van der Waals surface area contributed by atoms with Crippen LogP contribution in [0, 0.1) is 0 Å². The molecule has 154 valence electrons. The summed E-state index contributed by atoms with van der Waals surface area (Å²) in [7, 11) is 0. The van der Waals surface area contributed by atoms with E-state index < -0.39 is 17.9 Å². The molecule has 0 aliphatic rings. The van der Waals surface area contributed by atoms with E-state index in [0.29, 0.717) is 16.9 Å². The molecule has 3 amide bonds. The molecule has 0 saturated carbocycles. The normalized spacial score (nSPS) is 11.4. The molecular weight excluding hydrogens is 398 g/mol. The Morgan fingerprint density at radius 3 is 2.20 bits per heavy atom. The molecule has 1 aromatic heterocycles. The van der Waals surface area contributed by atoms with E-state index in [1.807, 2.05) is 49.4 Å². The van der Waals surface area contributed by atoms with Gasteiger partial charge in [0.2, 0.25) is 0 Å². The second-order valence-electron chi connectivity index (χ2n) is 6.69. The lowest BCUT2D eigenvalue weighted by Crippen LogP contribution is -2.53. The zero-order valence-corrected chi connectivity index (χ0v) is 17.4. The van der Waals surface area contributed by atoms with Crippen molar-refractivity contribution in [2.24, 2.45) is 0 Å². The van der Waals surface area contributed by atoms with Gasteiger partial charge in [-0.3, -0.25) is 25.2 Å². The maximum absolute atomic E-state index is 12.8. The maximum Gasteiger partial charge on any atom is 0.269 e. The predicted octanol–water partition coefficient (Wildman–Crippen LogP) is 3.11. The summed E-state index contributed by atoms with van der Waals surface area (Å²) in [6.07, 6.45) is 1.18. The summed E-state index contributed by atoms with van der Waals surface area (Å²) in [6, 6.07) is 19.2. The zero-order chi connectivity index (χ0) is 21.3. The van der Waals surface area contributed by atoms with Gasteiger partial charge in [-0.2, -0.15) is 0 Å². The molecule has 0 bridgehead atoms. The van der Waals surface area contributed by atoms with Crippen molar-refractivity contribution in [1.29, 1.82) is 0 Å². The predicted molar refractivity (Wildman–Crippen MR) is 117 cm³/mol. The summed E-state index contributed by atoms with van der Waals surface area (Å²) in [4.78, 5) is 38.1. The Bertz CT molecular complexity index is 986. The van der Waals surface area contributed by atoms with Crippen LogP contribution < -0.4 is 16.2 Å². The van der Waals surface area contributed by atoms with Gasteiger partial charge in [0.25, 0.3) is 17.7 Å². The van der Waals surface area contributed by atoms with Crippen LogP contribution in [-0.2, 0) is 17.6 Å². The Balaban J connectivity index is 1.65. The average Bonchev–Trinajstić information content (AvgIpc) is 3.32. The standard InChI is InChI=1S/C23H23N3O3S/c1-2-16-10-12-18(13-11-16)21(27)25-26-22(28)19(15-17-7-4-3-5-8-17)24-23(29)20-9-6-14-30-20/h3-14,19H,2,15H2,1H3,(H,24,29)(H,25,27)(H,26,28). The zero-order valence-electron chi connectivity index (χ0n) is 16.6. The molecule has 1 unspecified atom stereocenters. The average molecular weight is 422 g/mol. The minimum atomic E-state index is -0.843. The van der Waals surface area contributed by atoms with Crippen molar-refractivity contribution >= 4 is 29.1 Å². The maximum atomic E-state index is 12.8. The highest BCUT2D eigenvalue weighted by molar-refractivity contribution is 7.12. The van der Waals surface area contributed by atoms with Gasteiger partial charge in [-0.25, -0.2) is 0 Å². The van der Waals surface area contributed by atoms with E-state index >= 15 is 0 Å². The summed E-state index contributed by atoms with van der Waals surface area (Å²) < 4.78 is 0. The summed E-state index contributed by atoms with van der Waals surface area (Å²) in [6.45, 7) is 2.03. The molecule has 1 heterocycles. The Kier molecular flexibility index (Phi) is 7.34. The molecular formula is C23H23N3O3S. The van der Waals surface area contributed by atoms with Crippen LogP contribution in [0.3, 0.4) is 0 Å². The van der Waals surface area contributed by atoms with Crippen LogP contribution >= 0.6 is 11.3 Å². The molecule has 2 aromatic carbocycles. The number of benzene rings is 2. The first-order valence-electron chi connectivity index (χ1n) is 9.64. The fraction of sp³-hybridized carbons (Fsp3) is 0.174. The first kappa shape index (κ1) is 21.3. The van der Waals surface area contributed by atoms with Gasteiger partial charge in [0.1, 0.15) is 6.04 Å². The third-order valence-electron chi connectivity index (χ3n) is 4.57. The fourth-order valence-electron chi connectivity index (χ4n) is 2.87. The van der Waals surface area contributed by atoms with Crippen LogP contribution in [0.1, 0.15) is 38.1 Å². The van der Waals surface area contributed by atoms with Crippen LogP contribution in [0.15, 0.2) is 72.1 Å². The van der Waals surface area contributed by atoms with Gasteiger partial charge in [-0.1, -0.05) is 55.5 Å². The molecule has 3 N–H and O–H groups in total. The molecule has 6 nitrogen and oxygen atoms in total. The van der Waals surface area contributed by atoms with Crippen LogP contribution in [-0.4, -0.2) is 23.8 Å². The minimum Gasteiger partial charge on any atom is -0.339 e. The number of rotatable bonds is 7. The molecule has 1 atom stereocenters. The Hall–Kier alpha value is -3.45. The number of aryl methyl sites for hydroxylation is 1. The largest absolute Gasteiger partial charge is 0.339 e. The van der Waals surface area contributed by atoms with Gasteiger partial charge in [0.05, 0.1) is 4.88 Å². The van der Waals surface area contributed by atoms with Crippen molar-refractivity contribution in [3.05, 3.63) is 93.7 Å². The molecule has 0 spiro atoms. The number of nitrogens with one attached hydrogen (secondary N) is 3. The molecule has 30 heavy (non-hydrogen) atoms. The molecule has 3 aromatic rings. The van der Waals surface area contributed by atoms with Crippen LogP contribution in [0.2, 0.25) is 0 Å². The van der Waals surface area contributed by atoms with Crippen LogP contribution in [0.25, 0.3) is 0 Å². The first-order chi connectivity index (χ1) is 14.6. The Morgan fingerprint density at radius 1 is 0.833 bits per heavy atom. The van der Waals surface area contributed by atoms with Gasteiger partial charge in [-0.15, -0.1) is 11.3 Å². The number of hydrogen-bond donors (Lipinski definition) is 3. The van der Waals surface area contributed by atoms with Crippen molar-refractivity contribution in [1.82, 2.24) is 16.2 Å². The van der Waals surface area contributed by atoms with E-state index in [-0.39, 0.29) is 5.91 Å².